The molecule has 2 N–H and O–H groups in total. The highest BCUT2D eigenvalue weighted by Gasteiger charge is 2.37. The lowest BCUT2D eigenvalue weighted by Crippen LogP contribution is -2.51. The standard InChI is InChI=1S/C13H26N2/c1-2-5-12(10-14)15-9-4-7-11-6-3-8-13(11)15/h11-13H,2-10,14H2,1H3. The summed E-state index contributed by atoms with van der Waals surface area (Å²) in [6.07, 6.45) is 9.81. The van der Waals surface area contributed by atoms with Crippen molar-refractivity contribution in [2.45, 2.75) is 64.0 Å². The summed E-state index contributed by atoms with van der Waals surface area (Å²) in [5, 5.41) is 0. The smallest absolute Gasteiger partial charge is 0.0221 e. The average Bonchev–Trinajstić information content (AvgIpc) is 2.73. The lowest BCUT2D eigenvalue weighted by molar-refractivity contribution is 0.0663. The van der Waals surface area contributed by atoms with Crippen LogP contribution in [0.5, 0.6) is 0 Å². The van der Waals surface area contributed by atoms with Crippen LogP contribution in [0, 0.1) is 5.92 Å². The summed E-state index contributed by atoms with van der Waals surface area (Å²) in [6.45, 7) is 4.44. The number of fused-ring (bicyclic) bond motifs is 1. The molecule has 0 spiro atoms. The van der Waals surface area contributed by atoms with E-state index in [0.717, 1.165) is 18.5 Å². The number of nitrogens with two attached hydrogens (primary N) is 1. The molecule has 0 aromatic carbocycles. The molecule has 3 unspecified atom stereocenters. The molecule has 88 valence electrons. The molecule has 0 bridgehead atoms. The van der Waals surface area contributed by atoms with Gasteiger partial charge in [-0.25, -0.2) is 0 Å². The van der Waals surface area contributed by atoms with Gasteiger partial charge in [0, 0.05) is 18.6 Å². The van der Waals surface area contributed by atoms with Gasteiger partial charge in [0.05, 0.1) is 0 Å². The Labute approximate surface area is 94.2 Å². The zero-order valence-corrected chi connectivity index (χ0v) is 10.1. The molecule has 1 aliphatic carbocycles. The molecule has 0 aromatic heterocycles. The van der Waals surface area contributed by atoms with Crippen molar-refractivity contribution >= 4 is 0 Å². The molecule has 15 heavy (non-hydrogen) atoms. The molecule has 2 rings (SSSR count). The van der Waals surface area contributed by atoms with E-state index < -0.39 is 0 Å². The number of hydrogen-bond acceptors (Lipinski definition) is 2. The fourth-order valence-electron chi connectivity index (χ4n) is 3.70. The molecule has 1 aliphatic heterocycles. The lowest BCUT2D eigenvalue weighted by atomic mass is 9.90. The van der Waals surface area contributed by atoms with Crippen molar-refractivity contribution < 1.29 is 0 Å². The molecular formula is C13H26N2. The van der Waals surface area contributed by atoms with Crippen LogP contribution >= 0.6 is 0 Å². The second-order valence-electron chi connectivity index (χ2n) is 5.32. The highest BCUT2D eigenvalue weighted by molar-refractivity contribution is 4.92. The number of nitrogens with zero attached hydrogens (tertiary/aromatic N) is 1. The molecule has 0 aromatic rings. The number of likely N-dealkylation sites (tertiary alicyclic amines) is 1. The van der Waals surface area contributed by atoms with Gasteiger partial charge in [-0.1, -0.05) is 19.8 Å². The highest BCUT2D eigenvalue weighted by Crippen LogP contribution is 2.38. The molecule has 1 saturated carbocycles. The molecule has 1 heterocycles. The van der Waals surface area contributed by atoms with Crippen molar-refractivity contribution in [3.63, 3.8) is 0 Å². The first-order valence-corrected chi connectivity index (χ1v) is 6.82. The van der Waals surface area contributed by atoms with E-state index in [-0.39, 0.29) is 0 Å². The molecule has 3 atom stereocenters. The minimum atomic E-state index is 0.667. The summed E-state index contributed by atoms with van der Waals surface area (Å²) in [5.74, 6) is 1.00. The molecule has 0 radical (unpaired) electrons. The molecule has 2 aliphatic rings. The Morgan fingerprint density at radius 1 is 1.27 bits per heavy atom. The summed E-state index contributed by atoms with van der Waals surface area (Å²) >= 11 is 0. The lowest BCUT2D eigenvalue weighted by Gasteiger charge is -2.42. The van der Waals surface area contributed by atoms with Gasteiger partial charge in [-0.05, 0) is 44.6 Å². The van der Waals surface area contributed by atoms with Crippen molar-refractivity contribution in [2.24, 2.45) is 11.7 Å². The van der Waals surface area contributed by atoms with Gasteiger partial charge < -0.3 is 5.73 Å². The van der Waals surface area contributed by atoms with Crippen LogP contribution in [0.25, 0.3) is 0 Å². The van der Waals surface area contributed by atoms with Crippen molar-refractivity contribution in [1.82, 2.24) is 4.90 Å². The van der Waals surface area contributed by atoms with Gasteiger partial charge in [0.1, 0.15) is 0 Å². The maximum absolute atomic E-state index is 5.93. The average molecular weight is 210 g/mol. The van der Waals surface area contributed by atoms with E-state index in [1.165, 1.54) is 51.5 Å². The Hall–Kier alpha value is -0.0800. The van der Waals surface area contributed by atoms with E-state index in [1.54, 1.807) is 0 Å². The van der Waals surface area contributed by atoms with E-state index in [4.69, 9.17) is 5.73 Å². The van der Waals surface area contributed by atoms with Crippen molar-refractivity contribution in [2.75, 3.05) is 13.1 Å². The minimum Gasteiger partial charge on any atom is -0.329 e. The number of hydrogen-bond donors (Lipinski definition) is 1. The summed E-state index contributed by atoms with van der Waals surface area (Å²) in [6, 6.07) is 1.56. The van der Waals surface area contributed by atoms with Crippen molar-refractivity contribution in [3.05, 3.63) is 0 Å². The fraction of sp³-hybridized carbons (Fsp3) is 1.00. The Kier molecular flexibility index (Phi) is 4.04. The van der Waals surface area contributed by atoms with Crippen LogP contribution in [0.15, 0.2) is 0 Å². The monoisotopic (exact) mass is 210 g/mol. The van der Waals surface area contributed by atoms with Gasteiger partial charge in [0.25, 0.3) is 0 Å². The Bertz CT molecular complexity index is 193. The Morgan fingerprint density at radius 2 is 2.07 bits per heavy atom. The van der Waals surface area contributed by atoms with Crippen LogP contribution in [-0.4, -0.2) is 30.1 Å². The third-order valence-electron chi connectivity index (χ3n) is 4.40. The third-order valence-corrected chi connectivity index (χ3v) is 4.40. The van der Waals surface area contributed by atoms with Crippen LogP contribution in [-0.2, 0) is 0 Å². The zero-order chi connectivity index (χ0) is 10.7. The van der Waals surface area contributed by atoms with E-state index in [1.807, 2.05) is 0 Å². The van der Waals surface area contributed by atoms with Crippen molar-refractivity contribution in [3.8, 4) is 0 Å². The summed E-state index contributed by atoms with van der Waals surface area (Å²) < 4.78 is 0. The van der Waals surface area contributed by atoms with Crippen LogP contribution in [0.4, 0.5) is 0 Å². The summed E-state index contributed by atoms with van der Waals surface area (Å²) in [4.78, 5) is 2.75. The SMILES string of the molecule is CCCC(CN)N1CCCC2CCCC21. The number of rotatable bonds is 4. The van der Waals surface area contributed by atoms with E-state index >= 15 is 0 Å². The maximum Gasteiger partial charge on any atom is 0.0221 e. The van der Waals surface area contributed by atoms with Crippen LogP contribution in [0.1, 0.15) is 51.9 Å². The van der Waals surface area contributed by atoms with Gasteiger partial charge >= 0.3 is 0 Å². The van der Waals surface area contributed by atoms with Crippen LogP contribution < -0.4 is 5.73 Å². The van der Waals surface area contributed by atoms with Gasteiger partial charge in [-0.15, -0.1) is 0 Å². The maximum atomic E-state index is 5.93. The predicted octanol–water partition coefficient (Wildman–Crippen LogP) is 2.38. The second kappa shape index (κ2) is 5.31. The highest BCUT2D eigenvalue weighted by atomic mass is 15.2. The first-order valence-electron chi connectivity index (χ1n) is 6.82. The fourth-order valence-corrected chi connectivity index (χ4v) is 3.70. The van der Waals surface area contributed by atoms with E-state index in [2.05, 4.69) is 11.8 Å². The quantitative estimate of drug-likeness (QED) is 0.772. The van der Waals surface area contributed by atoms with Gasteiger partial charge in [0.2, 0.25) is 0 Å². The normalized spacial score (nSPS) is 34.0. The largest absolute Gasteiger partial charge is 0.329 e. The molecule has 2 fully saturated rings. The molecule has 0 amide bonds. The van der Waals surface area contributed by atoms with Gasteiger partial charge in [0.15, 0.2) is 0 Å². The Morgan fingerprint density at radius 3 is 2.80 bits per heavy atom. The first kappa shape index (κ1) is 11.4. The summed E-state index contributed by atoms with van der Waals surface area (Å²) in [5.41, 5.74) is 5.93. The third kappa shape index (κ3) is 2.36. The van der Waals surface area contributed by atoms with Crippen LogP contribution in [0.2, 0.25) is 0 Å². The molecule has 2 heteroatoms. The van der Waals surface area contributed by atoms with Gasteiger partial charge in [-0.2, -0.15) is 0 Å². The van der Waals surface area contributed by atoms with E-state index in [9.17, 15) is 0 Å². The topological polar surface area (TPSA) is 29.3 Å². The minimum absolute atomic E-state index is 0.667. The molecule has 1 saturated heterocycles. The molecular weight excluding hydrogens is 184 g/mol. The molecule has 2 nitrogen and oxygen atoms in total. The first-order chi connectivity index (χ1) is 7.36. The van der Waals surface area contributed by atoms with Gasteiger partial charge in [-0.3, -0.25) is 4.90 Å². The van der Waals surface area contributed by atoms with Crippen molar-refractivity contribution in [1.29, 1.82) is 0 Å². The second-order valence-corrected chi connectivity index (χ2v) is 5.32. The van der Waals surface area contributed by atoms with E-state index in [0.29, 0.717) is 6.04 Å². The van der Waals surface area contributed by atoms with Crippen LogP contribution in [0.3, 0.4) is 0 Å². The zero-order valence-electron chi connectivity index (χ0n) is 10.1. The number of piperidine rings is 1. The Balaban J connectivity index is 1.99. The predicted molar refractivity (Wildman–Crippen MR) is 64.8 cm³/mol. The summed E-state index contributed by atoms with van der Waals surface area (Å²) in [7, 11) is 0.